The fourth-order valence-corrected chi connectivity index (χ4v) is 2.93. The molecule has 0 aliphatic rings. The van der Waals surface area contributed by atoms with E-state index in [2.05, 4.69) is 10.2 Å². The van der Waals surface area contributed by atoms with Crippen LogP contribution in [0.5, 0.6) is 5.75 Å². The number of benzene rings is 3. The summed E-state index contributed by atoms with van der Waals surface area (Å²) in [4.78, 5) is -0.326. The Morgan fingerprint density at radius 1 is 0.833 bits per heavy atom. The van der Waals surface area contributed by atoms with Crippen molar-refractivity contribution < 1.29 is 47.6 Å². The zero-order valence-electron chi connectivity index (χ0n) is 12.8. The van der Waals surface area contributed by atoms with Gasteiger partial charge < -0.3 is 5.11 Å². The molecule has 8 heteroatoms. The van der Waals surface area contributed by atoms with Gasteiger partial charge >= 0.3 is 29.6 Å². The van der Waals surface area contributed by atoms with Gasteiger partial charge in [0.15, 0.2) is 5.75 Å². The molecule has 0 aromatic heterocycles. The van der Waals surface area contributed by atoms with Gasteiger partial charge in [0, 0.05) is 10.8 Å². The van der Waals surface area contributed by atoms with Crippen LogP contribution in [0.15, 0.2) is 75.8 Å². The molecule has 116 valence electrons. The molecule has 2 N–H and O–H groups in total. The van der Waals surface area contributed by atoms with Crippen molar-refractivity contribution in [2.24, 2.45) is 10.2 Å². The van der Waals surface area contributed by atoms with Gasteiger partial charge in [-0.3, -0.25) is 4.55 Å². The molecule has 0 saturated heterocycles. The molecule has 0 heterocycles. The quantitative estimate of drug-likeness (QED) is 0.421. The predicted octanol–water partition coefficient (Wildman–Crippen LogP) is 1.21. The van der Waals surface area contributed by atoms with E-state index < -0.39 is 10.1 Å². The Labute approximate surface area is 160 Å². The molecular formula is C16H12N2NaO4S+. The Balaban J connectivity index is 0.00000208. The van der Waals surface area contributed by atoms with Gasteiger partial charge in [-0.1, -0.05) is 42.5 Å². The predicted molar refractivity (Wildman–Crippen MR) is 86.0 cm³/mol. The third kappa shape index (κ3) is 3.82. The maximum Gasteiger partial charge on any atom is 1.00 e. The molecule has 0 amide bonds. The molecule has 0 atom stereocenters. The van der Waals surface area contributed by atoms with E-state index in [4.69, 9.17) is 0 Å². The van der Waals surface area contributed by atoms with Crippen LogP contribution in [0.4, 0.5) is 11.4 Å². The maximum atomic E-state index is 11.6. The molecule has 0 unspecified atom stereocenters. The minimum absolute atomic E-state index is 0. The first-order valence-corrected chi connectivity index (χ1v) is 8.10. The Hall–Kier alpha value is -1.77. The average Bonchev–Trinajstić information content (AvgIpc) is 2.54. The van der Waals surface area contributed by atoms with Gasteiger partial charge in [-0.2, -0.15) is 13.5 Å². The zero-order chi connectivity index (χ0) is 16.4. The van der Waals surface area contributed by atoms with Crippen LogP contribution < -0.4 is 29.6 Å². The minimum atomic E-state index is -4.46. The number of aromatic hydroxyl groups is 1. The Morgan fingerprint density at radius 3 is 2.04 bits per heavy atom. The molecule has 0 aliphatic heterocycles. The summed E-state index contributed by atoms with van der Waals surface area (Å²) in [5, 5.41) is 18.6. The Bertz CT molecular complexity index is 1010. The zero-order valence-corrected chi connectivity index (χ0v) is 15.6. The van der Waals surface area contributed by atoms with Gasteiger partial charge in [0.05, 0.1) is 5.69 Å². The first-order valence-electron chi connectivity index (χ1n) is 6.66. The second-order valence-electron chi connectivity index (χ2n) is 4.80. The summed E-state index contributed by atoms with van der Waals surface area (Å²) in [5.74, 6) is -0.201. The summed E-state index contributed by atoms with van der Waals surface area (Å²) in [6.45, 7) is 0. The number of rotatable bonds is 3. The monoisotopic (exact) mass is 351 g/mol. The summed E-state index contributed by atoms with van der Waals surface area (Å²) >= 11 is 0. The fraction of sp³-hybridized carbons (Fsp3) is 0. The van der Waals surface area contributed by atoms with E-state index in [1.807, 2.05) is 6.07 Å². The van der Waals surface area contributed by atoms with Crippen molar-refractivity contribution in [3.05, 3.63) is 60.7 Å². The molecule has 0 aliphatic carbocycles. The first kappa shape index (κ1) is 18.6. The molecule has 0 saturated carbocycles. The number of nitrogens with zero attached hydrogens (tertiary/aromatic N) is 2. The molecule has 0 spiro atoms. The van der Waals surface area contributed by atoms with E-state index >= 15 is 0 Å². The van der Waals surface area contributed by atoms with E-state index in [9.17, 15) is 18.1 Å². The second kappa shape index (κ2) is 7.42. The molecule has 3 aromatic rings. The topological polar surface area (TPSA) is 99.3 Å². The molecule has 3 aromatic carbocycles. The molecular weight excluding hydrogens is 339 g/mol. The van der Waals surface area contributed by atoms with E-state index in [0.29, 0.717) is 5.69 Å². The van der Waals surface area contributed by atoms with Crippen molar-refractivity contribution in [2.75, 3.05) is 0 Å². The first-order chi connectivity index (χ1) is 11.0. The van der Waals surface area contributed by atoms with E-state index in [1.54, 1.807) is 42.5 Å². The third-order valence-corrected chi connectivity index (χ3v) is 4.16. The van der Waals surface area contributed by atoms with Gasteiger partial charge in [-0.05, 0) is 18.2 Å². The number of azo groups is 1. The van der Waals surface area contributed by atoms with Crippen LogP contribution in [-0.4, -0.2) is 18.1 Å². The standard InChI is InChI=1S/C16H12N2O4S.Na/c19-16-13-9-5-4-8-12(13)15(23(20,21)22)10-14(16)18-17-11-6-2-1-3-7-11;/h1-10,19H,(H,20,21,22);/q;+1. The van der Waals surface area contributed by atoms with E-state index in [0.717, 1.165) is 6.07 Å². The van der Waals surface area contributed by atoms with Crippen LogP contribution >= 0.6 is 0 Å². The van der Waals surface area contributed by atoms with Crippen LogP contribution in [-0.2, 0) is 10.1 Å². The molecule has 0 radical (unpaired) electrons. The van der Waals surface area contributed by atoms with E-state index in [-0.39, 0.29) is 56.7 Å². The molecule has 3 rings (SSSR count). The number of hydrogen-bond acceptors (Lipinski definition) is 5. The van der Waals surface area contributed by atoms with Crippen LogP contribution in [0, 0.1) is 0 Å². The molecule has 0 fully saturated rings. The van der Waals surface area contributed by atoms with Gasteiger partial charge in [0.25, 0.3) is 10.1 Å². The fourth-order valence-electron chi connectivity index (χ4n) is 2.21. The van der Waals surface area contributed by atoms with Crippen molar-refractivity contribution in [1.29, 1.82) is 0 Å². The Kier molecular flexibility index (Phi) is 5.74. The molecule has 24 heavy (non-hydrogen) atoms. The number of phenols is 1. The van der Waals surface area contributed by atoms with Crippen molar-refractivity contribution in [2.45, 2.75) is 4.90 Å². The summed E-state index contributed by atoms with van der Waals surface area (Å²) < 4.78 is 32.6. The number of phenolic OH excluding ortho intramolecular Hbond substituents is 1. The Morgan fingerprint density at radius 2 is 1.42 bits per heavy atom. The number of hydrogen-bond donors (Lipinski definition) is 2. The van der Waals surface area contributed by atoms with Crippen molar-refractivity contribution >= 4 is 32.3 Å². The van der Waals surface area contributed by atoms with E-state index in [1.165, 1.54) is 6.07 Å². The summed E-state index contributed by atoms with van der Waals surface area (Å²) in [6, 6.07) is 16.2. The van der Waals surface area contributed by atoms with Gasteiger partial charge in [0.1, 0.15) is 10.6 Å². The van der Waals surface area contributed by atoms with Gasteiger partial charge in [0.2, 0.25) is 0 Å². The largest absolute Gasteiger partial charge is 1.00 e. The van der Waals surface area contributed by atoms with Crippen molar-refractivity contribution in [3.63, 3.8) is 0 Å². The average molecular weight is 351 g/mol. The minimum Gasteiger partial charge on any atom is -0.505 e. The van der Waals surface area contributed by atoms with Gasteiger partial charge in [-0.25, -0.2) is 0 Å². The van der Waals surface area contributed by atoms with Crippen LogP contribution in [0.25, 0.3) is 10.8 Å². The van der Waals surface area contributed by atoms with Crippen LogP contribution in [0.3, 0.4) is 0 Å². The summed E-state index contributed by atoms with van der Waals surface area (Å²) in [6.07, 6.45) is 0. The van der Waals surface area contributed by atoms with Crippen molar-refractivity contribution in [3.8, 4) is 5.75 Å². The smallest absolute Gasteiger partial charge is 0.505 e. The SMILES string of the molecule is O=S(=O)(O)c1cc(N=Nc2ccccc2)c(O)c2ccccc12.[Na+]. The van der Waals surface area contributed by atoms with Crippen LogP contribution in [0.1, 0.15) is 0 Å². The molecule has 0 bridgehead atoms. The molecule has 6 nitrogen and oxygen atoms in total. The van der Waals surface area contributed by atoms with Gasteiger partial charge in [-0.15, -0.1) is 5.11 Å². The summed E-state index contributed by atoms with van der Waals surface area (Å²) in [7, 11) is -4.46. The second-order valence-corrected chi connectivity index (χ2v) is 6.19. The normalized spacial score (nSPS) is 11.5. The maximum absolute atomic E-state index is 11.6. The van der Waals surface area contributed by atoms with Crippen LogP contribution in [0.2, 0.25) is 0 Å². The number of fused-ring (bicyclic) bond motifs is 1. The third-order valence-electron chi connectivity index (χ3n) is 3.27. The van der Waals surface area contributed by atoms with Crippen molar-refractivity contribution in [1.82, 2.24) is 0 Å². The summed E-state index contributed by atoms with van der Waals surface area (Å²) in [5.41, 5.74) is 0.508.